The first kappa shape index (κ1) is 14.6. The second kappa shape index (κ2) is 6.62. The van der Waals surface area contributed by atoms with Gasteiger partial charge in [0.15, 0.2) is 6.61 Å². The molecule has 2 aromatic rings. The minimum absolute atomic E-state index is 0.0161. The molecule has 1 fully saturated rings. The van der Waals surface area contributed by atoms with Crippen LogP contribution < -0.4 is 4.74 Å². The number of aromatic nitrogens is 2. The van der Waals surface area contributed by atoms with E-state index in [2.05, 4.69) is 17.0 Å². The van der Waals surface area contributed by atoms with Gasteiger partial charge in [-0.15, -0.1) is 5.10 Å². The van der Waals surface area contributed by atoms with Crippen molar-refractivity contribution in [1.29, 1.82) is 0 Å². The van der Waals surface area contributed by atoms with Gasteiger partial charge in [-0.2, -0.15) is 0 Å². The van der Waals surface area contributed by atoms with E-state index in [1.807, 2.05) is 41.4 Å². The number of ether oxygens (including phenoxy) is 1. The summed E-state index contributed by atoms with van der Waals surface area (Å²) in [5.74, 6) is 0.480. The summed E-state index contributed by atoms with van der Waals surface area (Å²) in [5, 5.41) is 4.33. The minimum atomic E-state index is 0.0161. The molecule has 0 bridgehead atoms. The van der Waals surface area contributed by atoms with Crippen LogP contribution in [0.25, 0.3) is 5.69 Å². The lowest BCUT2D eigenvalue weighted by Crippen LogP contribution is -2.48. The zero-order valence-corrected chi connectivity index (χ0v) is 12.7. The number of carbonyl (C=O) groups is 1. The summed E-state index contributed by atoms with van der Waals surface area (Å²) in [5.41, 5.74) is 0.961. The Labute approximate surface area is 129 Å². The highest BCUT2D eigenvalue weighted by molar-refractivity contribution is 5.77. The molecular weight excluding hydrogens is 280 g/mol. The van der Waals surface area contributed by atoms with E-state index in [0.717, 1.165) is 31.9 Å². The lowest BCUT2D eigenvalue weighted by Gasteiger charge is -2.32. The molecule has 0 aliphatic carbocycles. The molecule has 0 saturated carbocycles. The van der Waals surface area contributed by atoms with Gasteiger partial charge >= 0.3 is 0 Å². The minimum Gasteiger partial charge on any atom is -0.466 e. The molecule has 3 rings (SSSR count). The molecule has 2 heterocycles. The lowest BCUT2D eigenvalue weighted by atomic mass is 10.3. The lowest BCUT2D eigenvalue weighted by molar-refractivity contribution is -0.135. The highest BCUT2D eigenvalue weighted by atomic mass is 16.5. The number of rotatable bonds is 4. The summed E-state index contributed by atoms with van der Waals surface area (Å²) in [6, 6.07) is 11.6. The molecule has 1 aliphatic rings. The van der Waals surface area contributed by atoms with E-state index in [-0.39, 0.29) is 12.5 Å². The standard InChI is InChI=1S/C16H20N4O2/c1-18-9-11-19(12-10-18)16(21)13-22-15-7-8-20(17-15)14-5-3-2-4-6-14/h2-8H,9-13H2,1H3. The average molecular weight is 300 g/mol. The molecule has 6 heteroatoms. The fourth-order valence-corrected chi connectivity index (χ4v) is 2.39. The van der Waals surface area contributed by atoms with Crippen molar-refractivity contribution in [1.82, 2.24) is 19.6 Å². The quantitative estimate of drug-likeness (QED) is 0.846. The number of benzene rings is 1. The predicted molar refractivity (Wildman–Crippen MR) is 83.1 cm³/mol. The summed E-state index contributed by atoms with van der Waals surface area (Å²) in [7, 11) is 2.06. The van der Waals surface area contributed by atoms with Crippen LogP contribution in [0, 0.1) is 0 Å². The molecule has 0 radical (unpaired) electrons. The topological polar surface area (TPSA) is 50.6 Å². The Bertz CT molecular complexity index is 618. The Kier molecular flexibility index (Phi) is 4.39. The zero-order chi connectivity index (χ0) is 15.4. The third-order valence-electron chi connectivity index (χ3n) is 3.78. The molecule has 1 aromatic heterocycles. The van der Waals surface area contributed by atoms with Crippen LogP contribution >= 0.6 is 0 Å². The zero-order valence-electron chi connectivity index (χ0n) is 12.7. The molecular formula is C16H20N4O2. The van der Waals surface area contributed by atoms with Crippen molar-refractivity contribution in [2.75, 3.05) is 39.8 Å². The van der Waals surface area contributed by atoms with Crippen LogP contribution in [-0.4, -0.2) is 65.3 Å². The second-order valence-electron chi connectivity index (χ2n) is 5.41. The summed E-state index contributed by atoms with van der Waals surface area (Å²) < 4.78 is 7.25. The molecule has 1 saturated heterocycles. The van der Waals surface area contributed by atoms with E-state index >= 15 is 0 Å². The maximum absolute atomic E-state index is 12.1. The van der Waals surface area contributed by atoms with Gasteiger partial charge in [0.2, 0.25) is 5.88 Å². The monoisotopic (exact) mass is 300 g/mol. The highest BCUT2D eigenvalue weighted by Crippen LogP contribution is 2.12. The largest absolute Gasteiger partial charge is 0.466 e. The van der Waals surface area contributed by atoms with Gasteiger partial charge in [0, 0.05) is 38.4 Å². The van der Waals surface area contributed by atoms with Crippen molar-refractivity contribution in [3.8, 4) is 11.6 Å². The Balaban J connectivity index is 1.54. The average Bonchev–Trinajstić information content (AvgIpc) is 3.03. The molecule has 0 spiro atoms. The number of likely N-dealkylation sites (N-methyl/N-ethyl adjacent to an activating group) is 1. The maximum atomic E-state index is 12.1. The number of nitrogens with zero attached hydrogens (tertiary/aromatic N) is 4. The molecule has 116 valence electrons. The number of para-hydroxylation sites is 1. The number of hydrogen-bond acceptors (Lipinski definition) is 4. The van der Waals surface area contributed by atoms with Crippen molar-refractivity contribution in [3.63, 3.8) is 0 Å². The van der Waals surface area contributed by atoms with Gasteiger partial charge in [0.05, 0.1) is 5.69 Å². The molecule has 0 atom stereocenters. The SMILES string of the molecule is CN1CCN(C(=O)COc2ccn(-c3ccccc3)n2)CC1. The van der Waals surface area contributed by atoms with Gasteiger partial charge in [-0.3, -0.25) is 4.79 Å². The second-order valence-corrected chi connectivity index (χ2v) is 5.41. The van der Waals surface area contributed by atoms with Gasteiger partial charge in [-0.1, -0.05) is 18.2 Å². The fourth-order valence-electron chi connectivity index (χ4n) is 2.39. The van der Waals surface area contributed by atoms with Gasteiger partial charge in [0.1, 0.15) is 0 Å². The summed E-state index contributed by atoms with van der Waals surface area (Å²) in [6.45, 7) is 3.38. The van der Waals surface area contributed by atoms with Crippen LogP contribution in [0.15, 0.2) is 42.6 Å². The Morgan fingerprint density at radius 2 is 1.86 bits per heavy atom. The van der Waals surface area contributed by atoms with Crippen molar-refractivity contribution < 1.29 is 9.53 Å². The van der Waals surface area contributed by atoms with Gasteiger partial charge in [-0.05, 0) is 19.2 Å². The Morgan fingerprint density at radius 1 is 1.14 bits per heavy atom. The number of amides is 1. The summed E-state index contributed by atoms with van der Waals surface area (Å²) in [4.78, 5) is 16.2. The highest BCUT2D eigenvalue weighted by Gasteiger charge is 2.19. The van der Waals surface area contributed by atoms with Crippen LogP contribution in [0.5, 0.6) is 5.88 Å². The van der Waals surface area contributed by atoms with E-state index in [1.165, 1.54) is 0 Å². The van der Waals surface area contributed by atoms with Crippen LogP contribution in [-0.2, 0) is 4.79 Å². The number of piperazine rings is 1. The Morgan fingerprint density at radius 3 is 2.59 bits per heavy atom. The van der Waals surface area contributed by atoms with Crippen molar-refractivity contribution in [3.05, 3.63) is 42.6 Å². The fraction of sp³-hybridized carbons (Fsp3) is 0.375. The van der Waals surface area contributed by atoms with Crippen LogP contribution in [0.3, 0.4) is 0 Å². The van der Waals surface area contributed by atoms with E-state index in [4.69, 9.17) is 4.74 Å². The van der Waals surface area contributed by atoms with E-state index < -0.39 is 0 Å². The first-order valence-electron chi connectivity index (χ1n) is 7.42. The molecule has 0 N–H and O–H groups in total. The third-order valence-corrected chi connectivity index (χ3v) is 3.78. The summed E-state index contributed by atoms with van der Waals surface area (Å²) >= 11 is 0. The van der Waals surface area contributed by atoms with Crippen molar-refractivity contribution in [2.45, 2.75) is 0 Å². The van der Waals surface area contributed by atoms with E-state index in [1.54, 1.807) is 10.7 Å². The summed E-state index contributed by atoms with van der Waals surface area (Å²) in [6.07, 6.45) is 1.82. The van der Waals surface area contributed by atoms with Gasteiger partial charge in [-0.25, -0.2) is 4.68 Å². The van der Waals surface area contributed by atoms with Gasteiger partial charge < -0.3 is 14.5 Å². The normalized spacial score (nSPS) is 15.8. The van der Waals surface area contributed by atoms with Crippen LogP contribution in [0.4, 0.5) is 0 Å². The molecule has 1 amide bonds. The smallest absolute Gasteiger partial charge is 0.260 e. The third kappa shape index (κ3) is 3.46. The van der Waals surface area contributed by atoms with Crippen LogP contribution in [0.1, 0.15) is 0 Å². The van der Waals surface area contributed by atoms with E-state index in [9.17, 15) is 4.79 Å². The molecule has 0 unspecified atom stereocenters. The van der Waals surface area contributed by atoms with Crippen molar-refractivity contribution in [2.24, 2.45) is 0 Å². The molecule has 6 nitrogen and oxygen atoms in total. The number of carbonyl (C=O) groups excluding carboxylic acids is 1. The van der Waals surface area contributed by atoms with E-state index in [0.29, 0.717) is 5.88 Å². The first-order valence-corrected chi connectivity index (χ1v) is 7.42. The Hall–Kier alpha value is -2.34. The maximum Gasteiger partial charge on any atom is 0.260 e. The number of hydrogen-bond donors (Lipinski definition) is 0. The predicted octanol–water partition coefficient (Wildman–Crippen LogP) is 1.03. The van der Waals surface area contributed by atoms with Crippen molar-refractivity contribution >= 4 is 5.91 Å². The molecule has 1 aromatic carbocycles. The first-order chi connectivity index (χ1) is 10.7. The van der Waals surface area contributed by atoms with Crippen LogP contribution in [0.2, 0.25) is 0 Å². The van der Waals surface area contributed by atoms with Gasteiger partial charge in [0.25, 0.3) is 5.91 Å². The molecule has 22 heavy (non-hydrogen) atoms. The molecule has 1 aliphatic heterocycles.